The van der Waals surface area contributed by atoms with Gasteiger partial charge in [0, 0.05) is 5.69 Å². The summed E-state index contributed by atoms with van der Waals surface area (Å²) >= 11 is 0.975. The maximum atomic E-state index is 12.7. The SMILES string of the molecule is COc1ccc(NC(=O)CSc2ncc(S(=O)(=O)c3ccc(OC)cc3)c(=O)[nH]2)cc1. The van der Waals surface area contributed by atoms with Gasteiger partial charge in [-0.15, -0.1) is 0 Å². The first-order chi connectivity index (χ1) is 14.8. The van der Waals surface area contributed by atoms with Crippen molar-refractivity contribution in [2.75, 3.05) is 25.3 Å². The van der Waals surface area contributed by atoms with Crippen LogP contribution < -0.4 is 20.3 Å². The molecule has 0 unspecified atom stereocenters. The van der Waals surface area contributed by atoms with Crippen LogP contribution in [0.4, 0.5) is 5.69 Å². The molecular formula is C20H19N3O6S2. The highest BCUT2D eigenvalue weighted by molar-refractivity contribution is 7.99. The summed E-state index contributed by atoms with van der Waals surface area (Å²) in [7, 11) is -1.04. The fourth-order valence-corrected chi connectivity index (χ4v) is 4.39. The van der Waals surface area contributed by atoms with Crippen molar-refractivity contribution in [3.05, 3.63) is 65.1 Å². The minimum absolute atomic E-state index is 0.0282. The molecule has 0 aliphatic heterocycles. The predicted octanol–water partition coefficient (Wildman–Crippen LogP) is 2.35. The highest BCUT2D eigenvalue weighted by Gasteiger charge is 2.22. The molecule has 0 aliphatic carbocycles. The summed E-state index contributed by atoms with van der Waals surface area (Å²) in [6.07, 6.45) is 0.988. The molecule has 0 saturated heterocycles. The molecule has 1 amide bonds. The maximum absolute atomic E-state index is 12.7. The molecule has 162 valence electrons. The summed E-state index contributed by atoms with van der Waals surface area (Å²) in [5.41, 5.74) is -0.224. The number of aromatic amines is 1. The van der Waals surface area contributed by atoms with Crippen molar-refractivity contribution in [2.45, 2.75) is 14.9 Å². The Labute approximate surface area is 182 Å². The largest absolute Gasteiger partial charge is 0.497 e. The topological polar surface area (TPSA) is 127 Å². The molecule has 3 rings (SSSR count). The van der Waals surface area contributed by atoms with Crippen molar-refractivity contribution in [3.8, 4) is 11.5 Å². The van der Waals surface area contributed by atoms with Crippen molar-refractivity contribution in [1.82, 2.24) is 9.97 Å². The summed E-state index contributed by atoms with van der Waals surface area (Å²) in [5, 5.41) is 2.83. The number of amides is 1. The predicted molar refractivity (Wildman–Crippen MR) is 116 cm³/mol. The van der Waals surface area contributed by atoms with Crippen LogP contribution in [-0.2, 0) is 14.6 Å². The lowest BCUT2D eigenvalue weighted by molar-refractivity contribution is -0.113. The number of nitrogens with one attached hydrogen (secondary N) is 2. The Kier molecular flexibility index (Phi) is 6.98. The number of carbonyl (C=O) groups is 1. The Morgan fingerprint density at radius 1 is 1.03 bits per heavy atom. The van der Waals surface area contributed by atoms with Gasteiger partial charge in [0.25, 0.3) is 5.56 Å². The van der Waals surface area contributed by atoms with Gasteiger partial charge in [-0.25, -0.2) is 13.4 Å². The molecule has 3 aromatic rings. The molecule has 1 heterocycles. The van der Waals surface area contributed by atoms with Crippen molar-refractivity contribution in [2.24, 2.45) is 0 Å². The highest BCUT2D eigenvalue weighted by Crippen LogP contribution is 2.21. The van der Waals surface area contributed by atoms with Gasteiger partial charge in [0.2, 0.25) is 15.7 Å². The number of rotatable bonds is 8. The third-order valence-corrected chi connectivity index (χ3v) is 6.77. The minimum atomic E-state index is -4.05. The maximum Gasteiger partial charge on any atom is 0.270 e. The second kappa shape index (κ2) is 9.67. The van der Waals surface area contributed by atoms with Crippen LogP contribution in [0, 0.1) is 0 Å². The van der Waals surface area contributed by atoms with E-state index in [2.05, 4.69) is 15.3 Å². The molecule has 0 bridgehead atoms. The van der Waals surface area contributed by atoms with Gasteiger partial charge >= 0.3 is 0 Å². The first-order valence-electron chi connectivity index (χ1n) is 8.88. The first-order valence-corrected chi connectivity index (χ1v) is 11.4. The Morgan fingerprint density at radius 2 is 1.61 bits per heavy atom. The van der Waals surface area contributed by atoms with Crippen LogP contribution in [0.1, 0.15) is 0 Å². The fourth-order valence-electron chi connectivity index (χ4n) is 2.52. The quantitative estimate of drug-likeness (QED) is 0.387. The zero-order valence-corrected chi connectivity index (χ0v) is 18.2. The Morgan fingerprint density at radius 3 is 2.16 bits per heavy atom. The Balaban J connectivity index is 1.67. The van der Waals surface area contributed by atoms with Crippen molar-refractivity contribution in [1.29, 1.82) is 0 Å². The fraction of sp³-hybridized carbons (Fsp3) is 0.150. The van der Waals surface area contributed by atoms with Gasteiger partial charge < -0.3 is 19.8 Å². The normalized spacial score (nSPS) is 11.0. The molecule has 0 radical (unpaired) electrons. The number of aromatic nitrogens is 2. The van der Waals surface area contributed by atoms with E-state index in [4.69, 9.17) is 9.47 Å². The molecule has 0 saturated carbocycles. The molecule has 2 aromatic carbocycles. The molecule has 31 heavy (non-hydrogen) atoms. The van der Waals surface area contributed by atoms with Crippen LogP contribution in [0.3, 0.4) is 0 Å². The molecule has 0 aliphatic rings. The van der Waals surface area contributed by atoms with E-state index >= 15 is 0 Å². The van der Waals surface area contributed by atoms with E-state index in [0.717, 1.165) is 18.0 Å². The lowest BCUT2D eigenvalue weighted by atomic mass is 10.3. The van der Waals surface area contributed by atoms with Gasteiger partial charge in [-0.2, -0.15) is 0 Å². The minimum Gasteiger partial charge on any atom is -0.497 e. The zero-order chi connectivity index (χ0) is 22.4. The molecule has 2 N–H and O–H groups in total. The second-order valence-corrected chi connectivity index (χ2v) is 9.01. The van der Waals surface area contributed by atoms with Crippen LogP contribution in [0.25, 0.3) is 0 Å². The van der Waals surface area contributed by atoms with Crippen molar-refractivity contribution >= 4 is 33.2 Å². The monoisotopic (exact) mass is 461 g/mol. The number of sulfone groups is 1. The average Bonchev–Trinajstić information content (AvgIpc) is 2.78. The molecule has 0 atom stereocenters. The van der Waals surface area contributed by atoms with Gasteiger partial charge in [0.15, 0.2) is 10.1 Å². The van der Waals surface area contributed by atoms with Gasteiger partial charge in [-0.1, -0.05) is 11.8 Å². The Bertz CT molecular complexity index is 1220. The van der Waals surface area contributed by atoms with Crippen LogP contribution in [-0.4, -0.2) is 44.3 Å². The van der Waals surface area contributed by atoms with Crippen LogP contribution >= 0.6 is 11.8 Å². The number of hydrogen-bond acceptors (Lipinski definition) is 8. The summed E-state index contributed by atoms with van der Waals surface area (Å²) in [6.45, 7) is 0. The summed E-state index contributed by atoms with van der Waals surface area (Å²) in [5.74, 6) is 0.816. The number of methoxy groups -OCH3 is 2. The van der Waals surface area contributed by atoms with Crippen LogP contribution in [0.2, 0.25) is 0 Å². The number of H-pyrrole nitrogens is 1. The van der Waals surface area contributed by atoms with Gasteiger partial charge in [0.1, 0.15) is 11.5 Å². The standard InChI is InChI=1S/C20H19N3O6S2/c1-28-14-5-3-13(4-6-14)22-18(24)12-30-20-21-11-17(19(25)23-20)31(26,27)16-9-7-15(29-2)8-10-16/h3-11H,12H2,1-2H3,(H,22,24)(H,21,23,25). The second-order valence-electron chi connectivity index (χ2n) is 6.13. The molecule has 1 aromatic heterocycles. The number of benzene rings is 2. The molecule has 9 nitrogen and oxygen atoms in total. The number of ether oxygens (including phenoxy) is 2. The molecule has 11 heteroatoms. The van der Waals surface area contributed by atoms with E-state index in [-0.39, 0.29) is 21.7 Å². The van der Waals surface area contributed by atoms with Crippen molar-refractivity contribution < 1.29 is 22.7 Å². The van der Waals surface area contributed by atoms with E-state index in [1.165, 1.54) is 31.4 Å². The van der Waals surface area contributed by atoms with E-state index in [9.17, 15) is 18.0 Å². The van der Waals surface area contributed by atoms with Gasteiger partial charge in [-0.05, 0) is 48.5 Å². The van der Waals surface area contributed by atoms with Crippen molar-refractivity contribution in [3.63, 3.8) is 0 Å². The lowest BCUT2D eigenvalue weighted by Crippen LogP contribution is -2.20. The van der Waals surface area contributed by atoms with E-state index in [1.54, 1.807) is 31.4 Å². The third kappa shape index (κ3) is 5.44. The van der Waals surface area contributed by atoms with E-state index in [1.807, 2.05) is 0 Å². The number of anilines is 1. The summed E-state index contributed by atoms with van der Waals surface area (Å²) in [6, 6.07) is 12.5. The Hall–Kier alpha value is -3.31. The smallest absolute Gasteiger partial charge is 0.270 e. The summed E-state index contributed by atoms with van der Waals surface area (Å²) < 4.78 is 35.5. The van der Waals surface area contributed by atoms with Crippen LogP contribution in [0.5, 0.6) is 11.5 Å². The summed E-state index contributed by atoms with van der Waals surface area (Å²) in [4.78, 5) is 30.3. The highest BCUT2D eigenvalue weighted by atomic mass is 32.2. The third-order valence-electron chi connectivity index (χ3n) is 4.12. The molecule has 0 fully saturated rings. The van der Waals surface area contributed by atoms with Crippen LogP contribution in [0.15, 0.2) is 74.5 Å². The number of hydrogen-bond donors (Lipinski definition) is 2. The molecular weight excluding hydrogens is 442 g/mol. The first kappa shape index (κ1) is 22.4. The number of nitrogens with zero attached hydrogens (tertiary/aromatic N) is 1. The van der Waals surface area contributed by atoms with E-state index < -0.39 is 20.3 Å². The number of thioether (sulfide) groups is 1. The van der Waals surface area contributed by atoms with Gasteiger partial charge in [0.05, 0.1) is 31.1 Å². The zero-order valence-electron chi connectivity index (χ0n) is 16.6. The van der Waals surface area contributed by atoms with Gasteiger partial charge in [-0.3, -0.25) is 9.59 Å². The molecule has 0 spiro atoms. The lowest BCUT2D eigenvalue weighted by Gasteiger charge is -2.07. The number of carbonyl (C=O) groups excluding carboxylic acids is 1. The average molecular weight is 462 g/mol. The van der Waals surface area contributed by atoms with E-state index in [0.29, 0.717) is 17.2 Å².